The topological polar surface area (TPSA) is 38.3 Å². The van der Waals surface area contributed by atoms with E-state index in [1.807, 2.05) is 0 Å². The number of rotatable bonds is 0. The van der Waals surface area contributed by atoms with Crippen molar-refractivity contribution in [2.75, 3.05) is 6.54 Å². The molecule has 1 atom stereocenters. The molecular formula is C7H9NO2. The van der Waals surface area contributed by atoms with Crippen molar-refractivity contribution >= 4 is 5.97 Å². The third kappa shape index (κ3) is 0.781. The second-order valence-corrected chi connectivity index (χ2v) is 2.59. The van der Waals surface area contributed by atoms with Gasteiger partial charge in [0.05, 0.1) is 5.70 Å². The maximum Gasteiger partial charge on any atom is 0.333 e. The van der Waals surface area contributed by atoms with Crippen LogP contribution in [0.25, 0.3) is 0 Å². The van der Waals surface area contributed by atoms with Crippen molar-refractivity contribution in [2.45, 2.75) is 18.9 Å². The molecule has 2 heterocycles. The first-order valence-electron chi connectivity index (χ1n) is 3.52. The van der Waals surface area contributed by atoms with Gasteiger partial charge in [-0.1, -0.05) is 0 Å². The third-order valence-corrected chi connectivity index (χ3v) is 1.85. The number of esters is 1. The molecule has 1 N–H and O–H groups in total. The standard InChI is InChI=1S/C7H9NO2/c9-7-4-5-6(10-7)2-1-3-8-5/h4,6,8H,1-3H2. The predicted octanol–water partition coefficient (Wildman–Crippen LogP) is 0.179. The monoisotopic (exact) mass is 139 g/mol. The summed E-state index contributed by atoms with van der Waals surface area (Å²) in [5.41, 5.74) is 0.969. The van der Waals surface area contributed by atoms with E-state index in [0.29, 0.717) is 0 Å². The smallest absolute Gasteiger partial charge is 0.333 e. The van der Waals surface area contributed by atoms with Crippen LogP contribution < -0.4 is 5.32 Å². The molecule has 0 radical (unpaired) electrons. The second kappa shape index (κ2) is 2.01. The maximum absolute atomic E-state index is 10.7. The molecule has 10 heavy (non-hydrogen) atoms. The Labute approximate surface area is 59.1 Å². The minimum atomic E-state index is -0.200. The van der Waals surface area contributed by atoms with Gasteiger partial charge in [-0.2, -0.15) is 0 Å². The fraction of sp³-hybridized carbons (Fsp3) is 0.571. The van der Waals surface area contributed by atoms with Crippen LogP contribution in [-0.4, -0.2) is 18.6 Å². The van der Waals surface area contributed by atoms with Gasteiger partial charge in [0.25, 0.3) is 0 Å². The van der Waals surface area contributed by atoms with Crippen LogP contribution in [0.3, 0.4) is 0 Å². The Kier molecular flexibility index (Phi) is 1.16. The zero-order valence-electron chi connectivity index (χ0n) is 5.59. The molecule has 0 bridgehead atoms. The van der Waals surface area contributed by atoms with E-state index >= 15 is 0 Å². The van der Waals surface area contributed by atoms with Crippen LogP contribution in [0.2, 0.25) is 0 Å². The molecule has 1 saturated heterocycles. The lowest BCUT2D eigenvalue weighted by atomic mass is 10.1. The fourth-order valence-corrected chi connectivity index (χ4v) is 1.36. The fourth-order valence-electron chi connectivity index (χ4n) is 1.36. The largest absolute Gasteiger partial charge is 0.453 e. The number of nitrogens with one attached hydrogen (secondary N) is 1. The molecule has 3 nitrogen and oxygen atoms in total. The molecule has 54 valence electrons. The molecular weight excluding hydrogens is 130 g/mol. The first kappa shape index (κ1) is 5.77. The van der Waals surface area contributed by atoms with Crippen molar-refractivity contribution in [1.82, 2.24) is 5.32 Å². The highest BCUT2D eigenvalue weighted by atomic mass is 16.5. The lowest BCUT2D eigenvalue weighted by molar-refractivity contribution is -0.139. The van der Waals surface area contributed by atoms with E-state index in [4.69, 9.17) is 4.74 Å². The van der Waals surface area contributed by atoms with Crippen molar-refractivity contribution in [3.63, 3.8) is 0 Å². The van der Waals surface area contributed by atoms with E-state index in [-0.39, 0.29) is 12.1 Å². The highest BCUT2D eigenvalue weighted by Gasteiger charge is 2.27. The zero-order chi connectivity index (χ0) is 6.97. The van der Waals surface area contributed by atoms with Gasteiger partial charge in [0.15, 0.2) is 0 Å². The van der Waals surface area contributed by atoms with E-state index < -0.39 is 0 Å². The average molecular weight is 139 g/mol. The van der Waals surface area contributed by atoms with Crippen molar-refractivity contribution in [3.8, 4) is 0 Å². The van der Waals surface area contributed by atoms with E-state index in [9.17, 15) is 4.79 Å². The first-order valence-corrected chi connectivity index (χ1v) is 3.52. The Hall–Kier alpha value is -0.990. The number of hydrogen-bond donors (Lipinski definition) is 1. The quantitative estimate of drug-likeness (QED) is 0.486. The minimum absolute atomic E-state index is 0.0428. The van der Waals surface area contributed by atoms with Crippen molar-refractivity contribution in [2.24, 2.45) is 0 Å². The lowest BCUT2D eigenvalue weighted by Gasteiger charge is -2.20. The minimum Gasteiger partial charge on any atom is -0.453 e. The lowest BCUT2D eigenvalue weighted by Crippen LogP contribution is -2.29. The summed E-state index contributed by atoms with van der Waals surface area (Å²) in [7, 11) is 0. The van der Waals surface area contributed by atoms with Gasteiger partial charge in [0, 0.05) is 12.6 Å². The van der Waals surface area contributed by atoms with Crippen LogP contribution >= 0.6 is 0 Å². The van der Waals surface area contributed by atoms with Gasteiger partial charge in [-0.3, -0.25) is 0 Å². The van der Waals surface area contributed by atoms with Gasteiger partial charge < -0.3 is 10.1 Å². The van der Waals surface area contributed by atoms with Crippen LogP contribution in [0.15, 0.2) is 11.8 Å². The third-order valence-electron chi connectivity index (χ3n) is 1.85. The Morgan fingerprint density at radius 1 is 1.70 bits per heavy atom. The van der Waals surface area contributed by atoms with Gasteiger partial charge >= 0.3 is 5.97 Å². The van der Waals surface area contributed by atoms with Crippen LogP contribution in [-0.2, 0) is 9.53 Å². The van der Waals surface area contributed by atoms with E-state index in [1.165, 1.54) is 0 Å². The average Bonchev–Trinajstić information content (AvgIpc) is 2.27. The summed E-state index contributed by atoms with van der Waals surface area (Å²) in [6.45, 7) is 0.971. The zero-order valence-corrected chi connectivity index (χ0v) is 5.59. The van der Waals surface area contributed by atoms with E-state index in [0.717, 1.165) is 25.1 Å². The van der Waals surface area contributed by atoms with Gasteiger partial charge in [0.1, 0.15) is 6.10 Å². The molecule has 0 aromatic rings. The Balaban J connectivity index is 2.17. The molecule has 1 fully saturated rings. The highest BCUT2D eigenvalue weighted by Crippen LogP contribution is 2.20. The predicted molar refractivity (Wildman–Crippen MR) is 35.2 cm³/mol. The Morgan fingerprint density at radius 2 is 2.60 bits per heavy atom. The van der Waals surface area contributed by atoms with Crippen LogP contribution in [0, 0.1) is 0 Å². The Morgan fingerprint density at radius 3 is 3.40 bits per heavy atom. The molecule has 0 amide bonds. The molecule has 0 aromatic heterocycles. The SMILES string of the molecule is O=C1C=C2NCCCC2O1. The summed E-state index contributed by atoms with van der Waals surface area (Å²) in [6.07, 6.45) is 3.66. The van der Waals surface area contributed by atoms with Crippen LogP contribution in [0.5, 0.6) is 0 Å². The number of hydrogen-bond acceptors (Lipinski definition) is 3. The first-order chi connectivity index (χ1) is 4.86. The number of fused-ring (bicyclic) bond motifs is 1. The Bertz CT molecular complexity index is 198. The molecule has 0 spiro atoms. The molecule has 2 aliphatic rings. The summed E-state index contributed by atoms with van der Waals surface area (Å²) in [5, 5.41) is 3.13. The summed E-state index contributed by atoms with van der Waals surface area (Å²) in [5.74, 6) is -0.200. The molecule has 2 aliphatic heterocycles. The normalized spacial score (nSPS) is 30.2. The van der Waals surface area contributed by atoms with Gasteiger partial charge in [-0.05, 0) is 12.8 Å². The number of ether oxygens (including phenoxy) is 1. The van der Waals surface area contributed by atoms with Gasteiger partial charge in [0.2, 0.25) is 0 Å². The molecule has 0 aromatic carbocycles. The highest BCUT2D eigenvalue weighted by molar-refractivity contribution is 5.85. The van der Waals surface area contributed by atoms with Crippen LogP contribution in [0.4, 0.5) is 0 Å². The maximum atomic E-state index is 10.7. The van der Waals surface area contributed by atoms with Crippen molar-refractivity contribution in [1.29, 1.82) is 0 Å². The number of carbonyl (C=O) groups excluding carboxylic acids is 1. The summed E-state index contributed by atoms with van der Waals surface area (Å²) in [4.78, 5) is 10.7. The van der Waals surface area contributed by atoms with E-state index in [1.54, 1.807) is 6.08 Å². The summed E-state index contributed by atoms with van der Waals surface area (Å²) >= 11 is 0. The molecule has 0 aliphatic carbocycles. The van der Waals surface area contributed by atoms with E-state index in [2.05, 4.69) is 5.32 Å². The number of carbonyl (C=O) groups is 1. The molecule has 2 rings (SSSR count). The summed E-state index contributed by atoms with van der Waals surface area (Å²) < 4.78 is 4.97. The van der Waals surface area contributed by atoms with Crippen molar-refractivity contribution < 1.29 is 9.53 Å². The van der Waals surface area contributed by atoms with Crippen molar-refractivity contribution in [3.05, 3.63) is 11.8 Å². The number of piperidine rings is 1. The van der Waals surface area contributed by atoms with Crippen LogP contribution in [0.1, 0.15) is 12.8 Å². The second-order valence-electron chi connectivity index (χ2n) is 2.59. The molecule has 0 saturated carbocycles. The van der Waals surface area contributed by atoms with Gasteiger partial charge in [-0.15, -0.1) is 0 Å². The summed E-state index contributed by atoms with van der Waals surface area (Å²) in [6, 6.07) is 0. The molecule has 3 heteroatoms. The van der Waals surface area contributed by atoms with Gasteiger partial charge in [-0.25, -0.2) is 4.79 Å². The molecule has 1 unspecified atom stereocenters.